The number of fused-ring (bicyclic) bond motifs is 1. The maximum absolute atomic E-state index is 13.1. The number of amides is 2. The number of anilines is 2. The van der Waals surface area contributed by atoms with E-state index in [9.17, 15) is 18.8 Å². The Hall–Kier alpha value is -3.22. The first kappa shape index (κ1) is 19.1. The van der Waals surface area contributed by atoms with Crippen molar-refractivity contribution in [2.45, 2.75) is 19.3 Å². The molecule has 6 nitrogen and oxygen atoms in total. The van der Waals surface area contributed by atoms with Gasteiger partial charge >= 0.3 is 0 Å². The monoisotopic (exact) mass is 395 g/mol. The molecule has 0 aliphatic carbocycles. The first-order valence-electron chi connectivity index (χ1n) is 9.74. The van der Waals surface area contributed by atoms with Crippen LogP contribution in [0.2, 0.25) is 0 Å². The van der Waals surface area contributed by atoms with Crippen LogP contribution in [0.25, 0.3) is 0 Å². The number of Topliss-reactive ketones (excluding diaryl/α,β-unsaturated/α-hetero) is 1. The van der Waals surface area contributed by atoms with Gasteiger partial charge in [0, 0.05) is 56.0 Å². The first-order chi connectivity index (χ1) is 14.0. The first-order valence-corrected chi connectivity index (χ1v) is 9.74. The smallest absolute Gasteiger partial charge is 0.228 e. The van der Waals surface area contributed by atoms with Crippen molar-refractivity contribution in [1.29, 1.82) is 0 Å². The minimum atomic E-state index is -0.265. The van der Waals surface area contributed by atoms with Crippen molar-refractivity contribution in [2.75, 3.05) is 36.4 Å². The Balaban J connectivity index is 1.27. The maximum atomic E-state index is 13.1. The molecule has 0 saturated carbocycles. The van der Waals surface area contributed by atoms with Crippen molar-refractivity contribution in [3.05, 3.63) is 59.4 Å². The van der Waals surface area contributed by atoms with Crippen LogP contribution in [0.5, 0.6) is 0 Å². The Kier molecular flexibility index (Phi) is 5.29. The number of rotatable bonds is 5. The average molecular weight is 395 g/mol. The number of benzene rings is 2. The molecular formula is C22H22FN3O3. The molecule has 7 heteroatoms. The zero-order valence-corrected chi connectivity index (χ0v) is 16.0. The highest BCUT2D eigenvalue weighted by Crippen LogP contribution is 2.24. The van der Waals surface area contributed by atoms with Crippen LogP contribution in [0, 0.1) is 5.82 Å². The normalized spacial score (nSPS) is 15.8. The summed E-state index contributed by atoms with van der Waals surface area (Å²) in [6, 6.07) is 11.5. The predicted octanol–water partition coefficient (Wildman–Crippen LogP) is 2.63. The number of halogens is 1. The van der Waals surface area contributed by atoms with Crippen molar-refractivity contribution in [1.82, 2.24) is 4.90 Å². The Morgan fingerprint density at radius 2 is 1.69 bits per heavy atom. The second-order valence-corrected chi connectivity index (χ2v) is 7.36. The highest BCUT2D eigenvalue weighted by atomic mass is 19.1. The SMILES string of the molecule is O=C1Cc2cc(C(=O)CCC(=O)N3CCN(c4ccc(F)cc4)CC3)ccc2N1. The van der Waals surface area contributed by atoms with E-state index in [1.54, 1.807) is 35.2 Å². The number of ketones is 1. The van der Waals surface area contributed by atoms with E-state index < -0.39 is 0 Å². The highest BCUT2D eigenvalue weighted by molar-refractivity contribution is 6.02. The molecule has 1 fully saturated rings. The molecule has 1 N–H and O–H groups in total. The third-order valence-corrected chi connectivity index (χ3v) is 5.44. The Morgan fingerprint density at radius 1 is 0.966 bits per heavy atom. The summed E-state index contributed by atoms with van der Waals surface area (Å²) in [7, 11) is 0. The van der Waals surface area contributed by atoms with Crippen LogP contribution >= 0.6 is 0 Å². The fourth-order valence-electron chi connectivity index (χ4n) is 3.79. The van der Waals surface area contributed by atoms with Gasteiger partial charge in [-0.3, -0.25) is 14.4 Å². The molecule has 4 rings (SSSR count). The minimum Gasteiger partial charge on any atom is -0.368 e. The summed E-state index contributed by atoms with van der Waals surface area (Å²) in [6.07, 6.45) is 0.606. The van der Waals surface area contributed by atoms with Crippen LogP contribution in [-0.2, 0) is 16.0 Å². The number of nitrogens with one attached hydrogen (secondary N) is 1. The van der Waals surface area contributed by atoms with Crippen molar-refractivity contribution >= 4 is 29.0 Å². The van der Waals surface area contributed by atoms with Crippen LogP contribution in [0.1, 0.15) is 28.8 Å². The van der Waals surface area contributed by atoms with E-state index in [0.717, 1.165) is 16.9 Å². The molecular weight excluding hydrogens is 373 g/mol. The van der Waals surface area contributed by atoms with Gasteiger partial charge in [-0.1, -0.05) is 0 Å². The topological polar surface area (TPSA) is 69.7 Å². The van der Waals surface area contributed by atoms with Crippen LogP contribution in [-0.4, -0.2) is 48.7 Å². The van der Waals surface area contributed by atoms with Gasteiger partial charge in [0.15, 0.2) is 5.78 Å². The van der Waals surface area contributed by atoms with E-state index >= 15 is 0 Å². The average Bonchev–Trinajstić information content (AvgIpc) is 3.11. The standard InChI is InChI=1S/C22H22FN3O3/c23-17-2-4-18(5-3-17)25-9-11-26(12-10-25)22(29)8-7-20(27)15-1-6-19-16(13-15)14-21(28)24-19/h1-6,13H,7-12,14H2,(H,24,28). The summed E-state index contributed by atoms with van der Waals surface area (Å²) in [5, 5.41) is 2.74. The quantitative estimate of drug-likeness (QED) is 0.791. The molecule has 0 spiro atoms. The lowest BCUT2D eigenvalue weighted by molar-refractivity contribution is -0.131. The van der Waals surface area contributed by atoms with Crippen LogP contribution < -0.4 is 10.2 Å². The van der Waals surface area contributed by atoms with Crippen molar-refractivity contribution in [3.8, 4) is 0 Å². The van der Waals surface area contributed by atoms with Gasteiger partial charge in [-0.05, 0) is 48.0 Å². The zero-order chi connectivity index (χ0) is 20.4. The number of hydrogen-bond acceptors (Lipinski definition) is 4. The second kappa shape index (κ2) is 8.03. The van der Waals surface area contributed by atoms with Crippen molar-refractivity contribution < 1.29 is 18.8 Å². The molecule has 2 aliphatic rings. The lowest BCUT2D eigenvalue weighted by atomic mass is 10.0. The Bertz CT molecular complexity index is 950. The summed E-state index contributed by atoms with van der Waals surface area (Å²) < 4.78 is 13.1. The fraction of sp³-hybridized carbons (Fsp3) is 0.318. The molecule has 2 amide bonds. The molecule has 29 heavy (non-hydrogen) atoms. The van der Waals surface area contributed by atoms with Gasteiger partial charge in [0.2, 0.25) is 11.8 Å². The molecule has 2 aromatic carbocycles. The summed E-state index contributed by atoms with van der Waals surface area (Å²) in [5.74, 6) is -0.460. The van der Waals surface area contributed by atoms with E-state index in [1.807, 2.05) is 0 Å². The third-order valence-electron chi connectivity index (χ3n) is 5.44. The van der Waals surface area contributed by atoms with E-state index in [-0.39, 0.29) is 42.7 Å². The van der Waals surface area contributed by atoms with E-state index in [4.69, 9.17) is 0 Å². The number of carbonyl (C=O) groups is 3. The molecule has 2 aromatic rings. The summed E-state index contributed by atoms with van der Waals surface area (Å²) >= 11 is 0. The van der Waals surface area contributed by atoms with E-state index in [2.05, 4.69) is 10.2 Å². The molecule has 0 atom stereocenters. The van der Waals surface area contributed by atoms with E-state index in [0.29, 0.717) is 31.7 Å². The molecule has 2 heterocycles. The third kappa shape index (κ3) is 4.29. The van der Waals surface area contributed by atoms with Gasteiger partial charge in [0.1, 0.15) is 5.82 Å². The lowest BCUT2D eigenvalue weighted by Crippen LogP contribution is -2.48. The number of carbonyl (C=O) groups excluding carboxylic acids is 3. The number of hydrogen-bond donors (Lipinski definition) is 1. The van der Waals surface area contributed by atoms with Gasteiger partial charge in [-0.2, -0.15) is 0 Å². The predicted molar refractivity (Wildman–Crippen MR) is 108 cm³/mol. The fourth-order valence-corrected chi connectivity index (χ4v) is 3.79. The lowest BCUT2D eigenvalue weighted by Gasteiger charge is -2.36. The van der Waals surface area contributed by atoms with Gasteiger partial charge in [-0.15, -0.1) is 0 Å². The molecule has 1 saturated heterocycles. The molecule has 0 unspecified atom stereocenters. The molecule has 0 bridgehead atoms. The number of piperazine rings is 1. The molecule has 2 aliphatic heterocycles. The van der Waals surface area contributed by atoms with Crippen LogP contribution in [0.15, 0.2) is 42.5 Å². The van der Waals surface area contributed by atoms with Gasteiger partial charge in [0.05, 0.1) is 6.42 Å². The van der Waals surface area contributed by atoms with Crippen molar-refractivity contribution in [2.24, 2.45) is 0 Å². The Labute approximate surface area is 168 Å². The van der Waals surface area contributed by atoms with Gasteiger partial charge in [0.25, 0.3) is 0 Å². The van der Waals surface area contributed by atoms with Crippen molar-refractivity contribution in [3.63, 3.8) is 0 Å². The molecule has 150 valence electrons. The highest BCUT2D eigenvalue weighted by Gasteiger charge is 2.23. The Morgan fingerprint density at radius 3 is 2.41 bits per heavy atom. The second-order valence-electron chi connectivity index (χ2n) is 7.36. The van der Waals surface area contributed by atoms with Crippen LogP contribution in [0.4, 0.5) is 15.8 Å². The molecule has 0 aromatic heterocycles. The van der Waals surface area contributed by atoms with Crippen LogP contribution in [0.3, 0.4) is 0 Å². The van der Waals surface area contributed by atoms with Gasteiger partial charge in [-0.25, -0.2) is 4.39 Å². The summed E-state index contributed by atoms with van der Waals surface area (Å²) in [4.78, 5) is 40.3. The molecule has 0 radical (unpaired) electrons. The zero-order valence-electron chi connectivity index (χ0n) is 16.0. The summed E-state index contributed by atoms with van der Waals surface area (Å²) in [6.45, 7) is 2.52. The van der Waals surface area contributed by atoms with E-state index in [1.165, 1.54) is 12.1 Å². The summed E-state index contributed by atoms with van der Waals surface area (Å²) in [5.41, 5.74) is 3.05. The number of nitrogens with zero attached hydrogens (tertiary/aromatic N) is 2. The van der Waals surface area contributed by atoms with Gasteiger partial charge < -0.3 is 15.1 Å². The minimum absolute atomic E-state index is 0.0323. The maximum Gasteiger partial charge on any atom is 0.228 e. The largest absolute Gasteiger partial charge is 0.368 e.